The molecule has 0 radical (unpaired) electrons. The Kier molecular flexibility index (Phi) is 12.7. The van der Waals surface area contributed by atoms with Crippen LogP contribution in [0.4, 0.5) is 10.5 Å². The number of nitrogens with zero attached hydrogens (tertiary/aromatic N) is 2. The molecule has 4 atom stereocenters. The number of likely N-dealkylation sites (tertiary alicyclic amines) is 1. The Morgan fingerprint density at radius 2 is 1.72 bits per heavy atom. The van der Waals surface area contributed by atoms with Crippen LogP contribution < -0.4 is 14.4 Å². The summed E-state index contributed by atoms with van der Waals surface area (Å²) in [6, 6.07) is 13.8. The lowest BCUT2D eigenvalue weighted by Gasteiger charge is -2.43. The van der Waals surface area contributed by atoms with Crippen molar-refractivity contribution in [1.29, 1.82) is 0 Å². The second kappa shape index (κ2) is 16.7. The molecule has 1 amide bonds. The number of aliphatic hydroxyl groups is 1. The highest BCUT2D eigenvalue weighted by molar-refractivity contribution is 5.65. The Morgan fingerprint density at radius 1 is 1.00 bits per heavy atom. The highest BCUT2D eigenvalue weighted by atomic mass is 16.5. The van der Waals surface area contributed by atoms with Crippen molar-refractivity contribution in [3.8, 4) is 11.5 Å². The molecule has 2 aromatic carbocycles. The van der Waals surface area contributed by atoms with Gasteiger partial charge in [0.2, 0.25) is 0 Å². The monoisotopic (exact) mass is 602 g/mol. The first-order valence-corrected chi connectivity index (χ1v) is 15.0. The summed E-state index contributed by atoms with van der Waals surface area (Å²) in [7, 11) is 3.37. The zero-order chi connectivity index (χ0) is 30.6. The second-order valence-electron chi connectivity index (χ2n) is 11.0. The van der Waals surface area contributed by atoms with Gasteiger partial charge in [0.25, 0.3) is 0 Å². The molecule has 2 aromatic rings. The van der Waals surface area contributed by atoms with Crippen LogP contribution in [-0.4, -0.2) is 113 Å². The zero-order valence-corrected chi connectivity index (χ0v) is 25.5. The number of ether oxygens (including phenoxy) is 6. The quantitative estimate of drug-likeness (QED) is 0.275. The lowest BCUT2D eigenvalue weighted by molar-refractivity contribution is -0.101. The van der Waals surface area contributed by atoms with E-state index in [1.165, 1.54) is 4.90 Å². The van der Waals surface area contributed by atoms with Crippen molar-refractivity contribution in [1.82, 2.24) is 4.90 Å². The van der Waals surface area contributed by atoms with Gasteiger partial charge in [0.1, 0.15) is 18.1 Å². The number of carbonyl (C=O) groups is 1. The zero-order valence-electron chi connectivity index (χ0n) is 25.5. The van der Waals surface area contributed by atoms with Crippen molar-refractivity contribution in [3.63, 3.8) is 0 Å². The topological polar surface area (TPSA) is 119 Å². The van der Waals surface area contributed by atoms with Crippen molar-refractivity contribution in [3.05, 3.63) is 53.6 Å². The smallest absolute Gasteiger partial charge is 0.407 e. The molecular weight excluding hydrogens is 556 g/mol. The maximum Gasteiger partial charge on any atom is 0.407 e. The standard InChI is InChI=1S/C32H46N2O9/c1-23(35)21-42-29-19-34(32(36)37)20-30(31(29)25-7-9-26(10-8-25)40-16-5-15-39-3)43-22-24-6-11-28-27(18-24)33(13-17-41-28)12-4-14-38-2/h6-11,18,23,29-31,35H,4-5,12-17,19-22H2,1-3H3,(H,36,37)/t23-,29+,30-,31-/m0/s1. The number of hydrogen-bond donors (Lipinski definition) is 2. The third-order valence-electron chi connectivity index (χ3n) is 7.67. The fraction of sp³-hybridized carbons (Fsp3) is 0.594. The van der Waals surface area contributed by atoms with Gasteiger partial charge in [-0.15, -0.1) is 0 Å². The molecule has 0 unspecified atom stereocenters. The molecule has 43 heavy (non-hydrogen) atoms. The Bertz CT molecular complexity index is 1130. The van der Waals surface area contributed by atoms with Gasteiger partial charge in [0.05, 0.1) is 63.5 Å². The van der Waals surface area contributed by atoms with Crippen LogP contribution in [0.25, 0.3) is 0 Å². The molecule has 2 aliphatic rings. The van der Waals surface area contributed by atoms with Gasteiger partial charge in [-0.05, 0) is 48.7 Å². The van der Waals surface area contributed by atoms with E-state index in [4.69, 9.17) is 28.4 Å². The molecule has 1 saturated heterocycles. The van der Waals surface area contributed by atoms with Gasteiger partial charge in [-0.2, -0.15) is 0 Å². The molecule has 4 rings (SSSR count). The SMILES string of the molecule is COCCCOc1ccc([C@@H]2[C@@H](OCc3ccc4c(c3)N(CCCOC)CCO4)CN(C(=O)O)C[C@H]2OC[C@H](C)O)cc1. The van der Waals surface area contributed by atoms with E-state index in [1.807, 2.05) is 36.4 Å². The van der Waals surface area contributed by atoms with Crippen molar-refractivity contribution >= 4 is 11.8 Å². The molecule has 1 fully saturated rings. The molecule has 0 aliphatic carbocycles. The van der Waals surface area contributed by atoms with Gasteiger partial charge in [-0.25, -0.2) is 4.79 Å². The number of fused-ring (bicyclic) bond motifs is 1. The number of hydrogen-bond acceptors (Lipinski definition) is 9. The predicted molar refractivity (Wildman–Crippen MR) is 161 cm³/mol. The Morgan fingerprint density at radius 3 is 2.42 bits per heavy atom. The summed E-state index contributed by atoms with van der Waals surface area (Å²) < 4.78 is 34.7. The van der Waals surface area contributed by atoms with Crippen LogP contribution in [0, 0.1) is 0 Å². The van der Waals surface area contributed by atoms with Crippen LogP contribution in [0.3, 0.4) is 0 Å². The summed E-state index contributed by atoms with van der Waals surface area (Å²) in [6.07, 6.45) is -1.01. The molecule has 0 spiro atoms. The molecule has 2 heterocycles. The summed E-state index contributed by atoms with van der Waals surface area (Å²) in [5.74, 6) is 1.33. The number of anilines is 1. The summed E-state index contributed by atoms with van der Waals surface area (Å²) in [5, 5.41) is 19.9. The minimum Gasteiger partial charge on any atom is -0.494 e. The number of aliphatic hydroxyl groups excluding tert-OH is 1. The fourth-order valence-electron chi connectivity index (χ4n) is 5.56. The number of benzene rings is 2. The number of rotatable bonds is 16. The van der Waals surface area contributed by atoms with E-state index in [2.05, 4.69) is 11.0 Å². The average Bonchev–Trinajstić information content (AvgIpc) is 3.01. The van der Waals surface area contributed by atoms with E-state index in [-0.39, 0.29) is 32.2 Å². The van der Waals surface area contributed by atoms with Crippen LogP contribution in [-0.2, 0) is 25.6 Å². The average molecular weight is 603 g/mol. The van der Waals surface area contributed by atoms with Gasteiger partial charge in [0.15, 0.2) is 0 Å². The molecule has 0 aromatic heterocycles. The number of piperidine rings is 1. The van der Waals surface area contributed by atoms with Crippen molar-refractivity contribution < 1.29 is 43.4 Å². The molecule has 2 aliphatic heterocycles. The summed E-state index contributed by atoms with van der Waals surface area (Å²) in [4.78, 5) is 15.7. The van der Waals surface area contributed by atoms with E-state index in [9.17, 15) is 15.0 Å². The highest BCUT2D eigenvalue weighted by Gasteiger charge is 2.41. The molecular formula is C32H46N2O9. The van der Waals surface area contributed by atoms with Gasteiger partial charge >= 0.3 is 6.09 Å². The minimum atomic E-state index is -1.03. The maximum atomic E-state index is 12.1. The van der Waals surface area contributed by atoms with Crippen molar-refractivity contribution in [2.75, 3.05) is 78.3 Å². The first kappa shape index (κ1) is 32.8. The van der Waals surface area contributed by atoms with E-state index in [1.54, 1.807) is 21.1 Å². The Hall–Kier alpha value is -3.09. The number of methoxy groups -OCH3 is 2. The minimum absolute atomic E-state index is 0.0891. The van der Waals surface area contributed by atoms with E-state index in [0.29, 0.717) is 26.4 Å². The Labute approximate surface area is 254 Å². The van der Waals surface area contributed by atoms with Gasteiger partial charge in [-0.3, -0.25) is 0 Å². The lowest BCUT2D eigenvalue weighted by Crippen LogP contribution is -2.54. The largest absolute Gasteiger partial charge is 0.494 e. The molecule has 0 bridgehead atoms. The molecule has 11 nitrogen and oxygen atoms in total. The predicted octanol–water partition coefficient (Wildman–Crippen LogP) is 3.77. The summed E-state index contributed by atoms with van der Waals surface area (Å²) >= 11 is 0. The number of amides is 1. The van der Waals surface area contributed by atoms with Crippen LogP contribution in [0.2, 0.25) is 0 Å². The molecule has 0 saturated carbocycles. The second-order valence-corrected chi connectivity index (χ2v) is 11.0. The van der Waals surface area contributed by atoms with E-state index >= 15 is 0 Å². The third kappa shape index (κ3) is 9.45. The van der Waals surface area contributed by atoms with E-state index in [0.717, 1.165) is 54.2 Å². The van der Waals surface area contributed by atoms with Gasteiger partial charge in [-0.1, -0.05) is 18.2 Å². The first-order valence-electron chi connectivity index (χ1n) is 15.0. The molecule has 238 valence electrons. The van der Waals surface area contributed by atoms with Gasteiger partial charge in [0, 0.05) is 46.3 Å². The summed E-state index contributed by atoms with van der Waals surface area (Å²) in [5.41, 5.74) is 2.95. The van der Waals surface area contributed by atoms with E-state index < -0.39 is 24.4 Å². The maximum absolute atomic E-state index is 12.1. The van der Waals surface area contributed by atoms with Crippen LogP contribution >= 0.6 is 0 Å². The Balaban J connectivity index is 1.53. The lowest BCUT2D eigenvalue weighted by atomic mass is 9.84. The van der Waals surface area contributed by atoms with Crippen LogP contribution in [0.1, 0.15) is 36.8 Å². The first-order chi connectivity index (χ1) is 20.9. The van der Waals surface area contributed by atoms with Crippen LogP contribution in [0.15, 0.2) is 42.5 Å². The van der Waals surface area contributed by atoms with Crippen molar-refractivity contribution in [2.45, 2.75) is 50.6 Å². The van der Waals surface area contributed by atoms with Gasteiger partial charge < -0.3 is 48.4 Å². The third-order valence-corrected chi connectivity index (χ3v) is 7.67. The highest BCUT2D eigenvalue weighted by Crippen LogP contribution is 2.36. The fourth-order valence-corrected chi connectivity index (χ4v) is 5.56. The van der Waals surface area contributed by atoms with Crippen LogP contribution in [0.5, 0.6) is 11.5 Å². The van der Waals surface area contributed by atoms with Crippen molar-refractivity contribution in [2.24, 2.45) is 0 Å². The number of carboxylic acid groups (broad SMARTS) is 1. The normalized spacial score (nSPS) is 20.8. The molecule has 2 N–H and O–H groups in total. The molecule has 11 heteroatoms. The summed E-state index contributed by atoms with van der Waals surface area (Å²) in [6.45, 7) is 6.56.